The van der Waals surface area contributed by atoms with E-state index in [1.54, 1.807) is 0 Å². The molecule has 5 rings (SSSR count). The summed E-state index contributed by atoms with van der Waals surface area (Å²) in [5.41, 5.74) is 1.84. The first kappa shape index (κ1) is 30.6. The second-order valence-corrected chi connectivity index (χ2v) is 15.0. The molecule has 0 spiro atoms. The average Bonchev–Trinajstić information content (AvgIpc) is 3.32. The Kier molecular flexibility index (Phi) is 9.53. The zero-order valence-electron chi connectivity index (χ0n) is 26.4. The van der Waals surface area contributed by atoms with E-state index >= 15 is 0 Å². The number of ether oxygens (including phenoxy) is 2. The fourth-order valence-corrected chi connectivity index (χ4v) is 10.2. The summed E-state index contributed by atoms with van der Waals surface area (Å²) in [7, 11) is 4.01. The molecule has 4 saturated carbocycles. The lowest BCUT2D eigenvalue weighted by molar-refractivity contribution is -0.163. The molecule has 41 heavy (non-hydrogen) atoms. The molecule has 5 nitrogen and oxygen atoms in total. The zero-order valence-corrected chi connectivity index (χ0v) is 26.4. The number of rotatable bonds is 10. The molecule has 0 saturated heterocycles. The normalized spacial score (nSPS) is 37.0. The van der Waals surface area contributed by atoms with Crippen LogP contribution < -0.4 is 0 Å². The molecule has 5 heteroatoms. The van der Waals surface area contributed by atoms with Crippen LogP contribution in [0.4, 0.5) is 0 Å². The standard InChI is InChI=1S/C36H55NO4/c1-25(11-16-33(38)40-24-26-9-7-6-8-10-26)30-14-15-31-29-13-12-27-23-28(41-34(39)19-22-37(4)5)17-20-35(27,2)32(29)18-21-36(30,31)3/h6-10,25,27-32H,11-24H2,1-5H3/t25-,27?,28+,29?,30-,31+,32+,35?,36-/m1/s1. The first-order chi connectivity index (χ1) is 19.6. The monoisotopic (exact) mass is 565 g/mol. The Balaban J connectivity index is 1.14. The predicted molar refractivity (Wildman–Crippen MR) is 163 cm³/mol. The molecule has 0 bridgehead atoms. The maximum atomic E-state index is 12.5. The maximum Gasteiger partial charge on any atom is 0.307 e. The summed E-state index contributed by atoms with van der Waals surface area (Å²) < 4.78 is 11.6. The van der Waals surface area contributed by atoms with Crippen molar-refractivity contribution in [1.29, 1.82) is 0 Å². The molecule has 0 aliphatic heterocycles. The fourth-order valence-electron chi connectivity index (χ4n) is 10.2. The van der Waals surface area contributed by atoms with Crippen LogP contribution in [-0.4, -0.2) is 43.6 Å². The van der Waals surface area contributed by atoms with Gasteiger partial charge in [0.2, 0.25) is 0 Å². The van der Waals surface area contributed by atoms with Crippen LogP contribution in [0.1, 0.15) is 103 Å². The Morgan fingerprint density at radius 2 is 1.63 bits per heavy atom. The summed E-state index contributed by atoms with van der Waals surface area (Å²) in [5, 5.41) is 0. The minimum absolute atomic E-state index is 0.0232. The highest BCUT2D eigenvalue weighted by Crippen LogP contribution is 2.68. The second-order valence-electron chi connectivity index (χ2n) is 15.0. The minimum atomic E-state index is -0.0608. The van der Waals surface area contributed by atoms with Gasteiger partial charge in [0, 0.05) is 13.0 Å². The Hall–Kier alpha value is -1.88. The van der Waals surface area contributed by atoms with Gasteiger partial charge in [-0.2, -0.15) is 0 Å². The largest absolute Gasteiger partial charge is 0.462 e. The Morgan fingerprint density at radius 3 is 2.39 bits per heavy atom. The van der Waals surface area contributed by atoms with Crippen LogP contribution in [0.5, 0.6) is 0 Å². The van der Waals surface area contributed by atoms with Gasteiger partial charge in [-0.15, -0.1) is 0 Å². The van der Waals surface area contributed by atoms with Crippen molar-refractivity contribution in [3.8, 4) is 0 Å². The van der Waals surface area contributed by atoms with Crippen LogP contribution >= 0.6 is 0 Å². The van der Waals surface area contributed by atoms with Gasteiger partial charge >= 0.3 is 11.9 Å². The third kappa shape index (κ3) is 6.55. The van der Waals surface area contributed by atoms with E-state index in [1.165, 1.54) is 44.9 Å². The average molecular weight is 566 g/mol. The summed E-state index contributed by atoms with van der Waals surface area (Å²) in [6, 6.07) is 9.97. The van der Waals surface area contributed by atoms with E-state index in [1.807, 2.05) is 49.3 Å². The van der Waals surface area contributed by atoms with Crippen LogP contribution in [0.2, 0.25) is 0 Å². The van der Waals surface area contributed by atoms with Gasteiger partial charge in [-0.1, -0.05) is 51.1 Å². The highest BCUT2D eigenvalue weighted by Gasteiger charge is 2.60. The van der Waals surface area contributed by atoms with Crippen LogP contribution in [0.15, 0.2) is 30.3 Å². The smallest absolute Gasteiger partial charge is 0.307 e. The third-order valence-electron chi connectivity index (χ3n) is 12.5. The molecule has 228 valence electrons. The number of hydrogen-bond acceptors (Lipinski definition) is 5. The zero-order chi connectivity index (χ0) is 29.2. The van der Waals surface area contributed by atoms with E-state index in [4.69, 9.17) is 9.47 Å². The van der Waals surface area contributed by atoms with Crippen molar-refractivity contribution in [2.24, 2.45) is 46.3 Å². The number of nitrogens with zero attached hydrogens (tertiary/aromatic N) is 1. The van der Waals surface area contributed by atoms with Crippen molar-refractivity contribution < 1.29 is 19.1 Å². The van der Waals surface area contributed by atoms with Crippen molar-refractivity contribution >= 4 is 11.9 Å². The van der Waals surface area contributed by atoms with Gasteiger partial charge in [0.25, 0.3) is 0 Å². The lowest BCUT2D eigenvalue weighted by Gasteiger charge is -2.61. The van der Waals surface area contributed by atoms with E-state index in [9.17, 15) is 9.59 Å². The molecule has 4 fully saturated rings. The van der Waals surface area contributed by atoms with Crippen molar-refractivity contribution in [2.75, 3.05) is 20.6 Å². The third-order valence-corrected chi connectivity index (χ3v) is 12.5. The van der Waals surface area contributed by atoms with E-state index in [0.717, 1.165) is 49.1 Å². The molecule has 4 aliphatic carbocycles. The van der Waals surface area contributed by atoms with Crippen LogP contribution in [0, 0.1) is 46.3 Å². The van der Waals surface area contributed by atoms with E-state index in [2.05, 4.69) is 20.8 Å². The van der Waals surface area contributed by atoms with Gasteiger partial charge in [-0.25, -0.2) is 0 Å². The SMILES string of the molecule is C[C@H](CCC(=O)OCc1ccccc1)[C@H]1CC[C@H]2C3CCC4C[C@@H](OC(=O)CCN(C)C)CCC4(C)[C@H]3CC[C@]12C. The first-order valence-electron chi connectivity index (χ1n) is 16.6. The molecule has 0 aromatic heterocycles. The second kappa shape index (κ2) is 12.8. The topological polar surface area (TPSA) is 55.8 Å². The van der Waals surface area contributed by atoms with Gasteiger partial charge in [-0.3, -0.25) is 9.59 Å². The van der Waals surface area contributed by atoms with E-state index < -0.39 is 0 Å². The maximum absolute atomic E-state index is 12.5. The number of benzene rings is 1. The summed E-state index contributed by atoms with van der Waals surface area (Å²) in [6.07, 6.45) is 13.4. The molecule has 4 aliphatic rings. The minimum Gasteiger partial charge on any atom is -0.462 e. The highest BCUT2D eigenvalue weighted by molar-refractivity contribution is 5.70. The molecule has 0 radical (unpaired) electrons. The lowest BCUT2D eigenvalue weighted by Crippen LogP contribution is -2.54. The van der Waals surface area contributed by atoms with Crippen molar-refractivity contribution in [1.82, 2.24) is 4.90 Å². The quantitative estimate of drug-likeness (QED) is 0.273. The first-order valence-corrected chi connectivity index (χ1v) is 16.6. The molecule has 1 aromatic rings. The van der Waals surface area contributed by atoms with Gasteiger partial charge < -0.3 is 14.4 Å². The van der Waals surface area contributed by atoms with Gasteiger partial charge in [-0.05, 0) is 130 Å². The van der Waals surface area contributed by atoms with Crippen LogP contribution in [0.25, 0.3) is 0 Å². The van der Waals surface area contributed by atoms with Crippen molar-refractivity contribution in [3.63, 3.8) is 0 Å². The number of carbonyl (C=O) groups is 2. The summed E-state index contributed by atoms with van der Waals surface area (Å²) in [4.78, 5) is 27.0. The Bertz CT molecular complexity index is 1040. The molecule has 9 atom stereocenters. The Labute approximate surface area is 249 Å². The molecule has 0 amide bonds. The van der Waals surface area contributed by atoms with Gasteiger partial charge in [0.1, 0.15) is 12.7 Å². The van der Waals surface area contributed by atoms with Gasteiger partial charge in [0.05, 0.1) is 6.42 Å². The molecular weight excluding hydrogens is 510 g/mol. The summed E-state index contributed by atoms with van der Waals surface area (Å²) in [6.45, 7) is 8.73. The number of esters is 2. The lowest BCUT2D eigenvalue weighted by atomic mass is 9.44. The number of hydrogen-bond donors (Lipinski definition) is 0. The van der Waals surface area contributed by atoms with Crippen molar-refractivity contribution in [2.45, 2.75) is 111 Å². The number of carbonyl (C=O) groups excluding carboxylic acids is 2. The predicted octanol–water partition coefficient (Wildman–Crippen LogP) is 7.67. The van der Waals surface area contributed by atoms with Crippen LogP contribution in [-0.2, 0) is 25.7 Å². The van der Waals surface area contributed by atoms with E-state index in [-0.39, 0.29) is 18.0 Å². The van der Waals surface area contributed by atoms with Crippen molar-refractivity contribution in [3.05, 3.63) is 35.9 Å². The molecule has 0 N–H and O–H groups in total. The highest BCUT2D eigenvalue weighted by atomic mass is 16.5. The summed E-state index contributed by atoms with van der Waals surface area (Å²) in [5.74, 6) is 4.33. The molecular formula is C36H55NO4. The Morgan fingerprint density at radius 1 is 0.902 bits per heavy atom. The molecule has 1 aromatic carbocycles. The summed E-state index contributed by atoms with van der Waals surface area (Å²) >= 11 is 0. The molecule has 3 unspecified atom stereocenters. The fraction of sp³-hybridized carbons (Fsp3) is 0.778. The van der Waals surface area contributed by atoms with Crippen LogP contribution in [0.3, 0.4) is 0 Å². The number of fused-ring (bicyclic) bond motifs is 5. The van der Waals surface area contributed by atoms with E-state index in [0.29, 0.717) is 48.0 Å². The molecule has 0 heterocycles. The van der Waals surface area contributed by atoms with Gasteiger partial charge in [0.15, 0.2) is 0 Å².